The molecular formula is C11H16ClN3O2. The molecule has 1 fully saturated rings. The zero-order chi connectivity index (χ0) is 12.4. The molecule has 17 heavy (non-hydrogen) atoms. The first kappa shape index (κ1) is 12.4. The fraction of sp³-hybridized carbons (Fsp3) is 0.636. The molecule has 1 aromatic heterocycles. The van der Waals surface area contributed by atoms with E-state index in [4.69, 9.17) is 16.7 Å². The summed E-state index contributed by atoms with van der Waals surface area (Å²) in [5.41, 5.74) is 0.914. The van der Waals surface area contributed by atoms with Gasteiger partial charge in [-0.3, -0.25) is 14.8 Å². The zero-order valence-electron chi connectivity index (χ0n) is 9.69. The molecule has 1 aromatic rings. The van der Waals surface area contributed by atoms with E-state index in [1.807, 2.05) is 4.68 Å². The van der Waals surface area contributed by atoms with E-state index in [1.165, 1.54) is 0 Å². The Morgan fingerprint density at radius 3 is 3.06 bits per heavy atom. The van der Waals surface area contributed by atoms with Gasteiger partial charge in [-0.1, -0.05) is 18.5 Å². The first-order valence-corrected chi connectivity index (χ1v) is 6.21. The lowest BCUT2D eigenvalue weighted by atomic mass is 10.1. The van der Waals surface area contributed by atoms with Crippen molar-refractivity contribution in [3.05, 3.63) is 16.9 Å². The standard InChI is InChI=1S/C11H16ClN3O2/c1-2-5-15-10(7(12)6-13-15)8-3-4-9(14-8)11(16)17/h6,8-9,14H,2-5H2,1H3,(H,16,17). The molecule has 0 aromatic carbocycles. The number of aromatic nitrogens is 2. The van der Waals surface area contributed by atoms with Gasteiger partial charge < -0.3 is 5.11 Å². The SMILES string of the molecule is CCCn1ncc(Cl)c1C1CCC(C(=O)O)N1. The Balaban J connectivity index is 2.17. The van der Waals surface area contributed by atoms with Gasteiger partial charge >= 0.3 is 5.97 Å². The topological polar surface area (TPSA) is 67.2 Å². The van der Waals surface area contributed by atoms with Crippen molar-refractivity contribution in [2.45, 2.75) is 44.8 Å². The van der Waals surface area contributed by atoms with Crippen molar-refractivity contribution in [2.75, 3.05) is 0 Å². The van der Waals surface area contributed by atoms with E-state index in [2.05, 4.69) is 17.3 Å². The predicted molar refractivity (Wildman–Crippen MR) is 64.1 cm³/mol. The fourth-order valence-corrected chi connectivity index (χ4v) is 2.53. The minimum atomic E-state index is -0.801. The Hall–Kier alpha value is -1.07. The van der Waals surface area contributed by atoms with Crippen LogP contribution in [0.4, 0.5) is 0 Å². The summed E-state index contributed by atoms with van der Waals surface area (Å²) in [5, 5.41) is 16.9. The van der Waals surface area contributed by atoms with Crippen LogP contribution in [0.25, 0.3) is 0 Å². The number of carboxylic acids is 1. The van der Waals surface area contributed by atoms with Crippen molar-refractivity contribution in [3.8, 4) is 0 Å². The third-order valence-electron chi connectivity index (χ3n) is 3.04. The summed E-state index contributed by atoms with van der Waals surface area (Å²) >= 11 is 6.12. The highest BCUT2D eigenvalue weighted by Crippen LogP contribution is 2.31. The third kappa shape index (κ3) is 2.45. The molecule has 1 aliphatic rings. The number of aryl methyl sites for hydroxylation is 1. The van der Waals surface area contributed by atoms with Gasteiger partial charge in [-0.2, -0.15) is 5.10 Å². The van der Waals surface area contributed by atoms with Gasteiger partial charge in [0, 0.05) is 6.54 Å². The molecule has 1 aliphatic heterocycles. The van der Waals surface area contributed by atoms with Crippen molar-refractivity contribution in [1.82, 2.24) is 15.1 Å². The van der Waals surface area contributed by atoms with Crippen LogP contribution < -0.4 is 5.32 Å². The highest BCUT2D eigenvalue weighted by atomic mass is 35.5. The van der Waals surface area contributed by atoms with Crippen LogP contribution in [0.3, 0.4) is 0 Å². The summed E-state index contributed by atoms with van der Waals surface area (Å²) in [6, 6.07) is -0.473. The number of halogens is 1. The molecule has 2 heterocycles. The number of rotatable bonds is 4. The van der Waals surface area contributed by atoms with Crippen molar-refractivity contribution in [3.63, 3.8) is 0 Å². The number of carboxylic acid groups (broad SMARTS) is 1. The van der Waals surface area contributed by atoms with E-state index >= 15 is 0 Å². The molecule has 2 unspecified atom stereocenters. The molecular weight excluding hydrogens is 242 g/mol. The van der Waals surface area contributed by atoms with Crippen LogP contribution in [0.2, 0.25) is 5.02 Å². The molecule has 2 rings (SSSR count). The summed E-state index contributed by atoms with van der Waals surface area (Å²) in [5.74, 6) is -0.801. The zero-order valence-corrected chi connectivity index (χ0v) is 10.4. The van der Waals surface area contributed by atoms with E-state index in [9.17, 15) is 4.79 Å². The minimum Gasteiger partial charge on any atom is -0.480 e. The van der Waals surface area contributed by atoms with Crippen LogP contribution in [-0.2, 0) is 11.3 Å². The maximum Gasteiger partial charge on any atom is 0.320 e. The van der Waals surface area contributed by atoms with Gasteiger partial charge in [-0.25, -0.2) is 0 Å². The van der Waals surface area contributed by atoms with Crippen LogP contribution in [0.5, 0.6) is 0 Å². The van der Waals surface area contributed by atoms with Gasteiger partial charge in [-0.05, 0) is 19.3 Å². The largest absolute Gasteiger partial charge is 0.480 e. The molecule has 2 N–H and O–H groups in total. The van der Waals surface area contributed by atoms with Crippen LogP contribution in [0, 0.1) is 0 Å². The Bertz CT molecular complexity index is 419. The molecule has 1 saturated heterocycles. The molecule has 0 spiro atoms. The number of nitrogens with zero attached hydrogens (tertiary/aromatic N) is 2. The summed E-state index contributed by atoms with van der Waals surface area (Å²) in [6.45, 7) is 2.87. The molecule has 0 amide bonds. The van der Waals surface area contributed by atoms with Crippen molar-refractivity contribution in [1.29, 1.82) is 0 Å². The number of nitrogens with one attached hydrogen (secondary N) is 1. The second-order valence-corrected chi connectivity index (χ2v) is 4.70. The van der Waals surface area contributed by atoms with Gasteiger partial charge in [0.2, 0.25) is 0 Å². The van der Waals surface area contributed by atoms with E-state index in [0.29, 0.717) is 11.4 Å². The summed E-state index contributed by atoms with van der Waals surface area (Å²) in [6.07, 6.45) is 4.02. The molecule has 6 heteroatoms. The van der Waals surface area contributed by atoms with Crippen molar-refractivity contribution >= 4 is 17.6 Å². The Kier molecular flexibility index (Phi) is 3.69. The monoisotopic (exact) mass is 257 g/mol. The van der Waals surface area contributed by atoms with Crippen molar-refractivity contribution < 1.29 is 9.90 Å². The highest BCUT2D eigenvalue weighted by molar-refractivity contribution is 6.31. The molecule has 2 atom stereocenters. The molecule has 94 valence electrons. The molecule has 0 saturated carbocycles. The Labute approximate surface area is 105 Å². The summed E-state index contributed by atoms with van der Waals surface area (Å²) < 4.78 is 1.87. The average Bonchev–Trinajstić information content (AvgIpc) is 2.86. The quantitative estimate of drug-likeness (QED) is 0.864. The minimum absolute atomic E-state index is 0.00218. The maximum atomic E-state index is 10.9. The Morgan fingerprint density at radius 1 is 1.71 bits per heavy atom. The normalized spacial score (nSPS) is 24.1. The summed E-state index contributed by atoms with van der Waals surface area (Å²) in [4.78, 5) is 10.9. The molecule has 0 bridgehead atoms. The van der Waals surface area contributed by atoms with Crippen LogP contribution in [-0.4, -0.2) is 26.9 Å². The number of aliphatic carboxylic acids is 1. The second-order valence-electron chi connectivity index (χ2n) is 4.29. The first-order chi connectivity index (χ1) is 8.13. The number of hydrogen-bond acceptors (Lipinski definition) is 3. The van der Waals surface area contributed by atoms with E-state index in [1.54, 1.807) is 6.20 Å². The van der Waals surface area contributed by atoms with Crippen LogP contribution >= 0.6 is 11.6 Å². The fourth-order valence-electron chi connectivity index (χ4n) is 2.26. The predicted octanol–water partition coefficient (Wildman–Crippen LogP) is 1.82. The van der Waals surface area contributed by atoms with Crippen molar-refractivity contribution in [2.24, 2.45) is 0 Å². The first-order valence-electron chi connectivity index (χ1n) is 5.83. The summed E-state index contributed by atoms with van der Waals surface area (Å²) in [7, 11) is 0. The average molecular weight is 258 g/mol. The molecule has 0 radical (unpaired) electrons. The third-order valence-corrected chi connectivity index (χ3v) is 3.33. The van der Waals surface area contributed by atoms with Crippen LogP contribution in [0.15, 0.2) is 6.20 Å². The van der Waals surface area contributed by atoms with E-state index in [-0.39, 0.29) is 6.04 Å². The second kappa shape index (κ2) is 5.06. The molecule has 0 aliphatic carbocycles. The van der Waals surface area contributed by atoms with Crippen LogP contribution in [0.1, 0.15) is 37.9 Å². The van der Waals surface area contributed by atoms with Gasteiger partial charge in [0.1, 0.15) is 6.04 Å². The van der Waals surface area contributed by atoms with E-state index in [0.717, 1.165) is 25.1 Å². The lowest BCUT2D eigenvalue weighted by Crippen LogP contribution is -2.32. The number of hydrogen-bond donors (Lipinski definition) is 2. The lowest BCUT2D eigenvalue weighted by molar-refractivity contribution is -0.139. The number of carbonyl (C=O) groups is 1. The highest BCUT2D eigenvalue weighted by Gasteiger charge is 2.32. The lowest BCUT2D eigenvalue weighted by Gasteiger charge is -2.14. The van der Waals surface area contributed by atoms with Gasteiger partial charge in [0.15, 0.2) is 0 Å². The Morgan fingerprint density at radius 2 is 2.47 bits per heavy atom. The smallest absolute Gasteiger partial charge is 0.320 e. The van der Waals surface area contributed by atoms with Gasteiger partial charge in [0.25, 0.3) is 0 Å². The van der Waals surface area contributed by atoms with E-state index < -0.39 is 12.0 Å². The van der Waals surface area contributed by atoms with Gasteiger partial charge in [0.05, 0.1) is 23.0 Å². The van der Waals surface area contributed by atoms with Gasteiger partial charge in [-0.15, -0.1) is 0 Å². The molecule has 5 nitrogen and oxygen atoms in total. The maximum absolute atomic E-state index is 10.9.